The molecule has 0 aliphatic heterocycles. The van der Waals surface area contributed by atoms with Gasteiger partial charge in [0.25, 0.3) is 0 Å². The van der Waals surface area contributed by atoms with E-state index in [-0.39, 0.29) is 0 Å². The largest absolute Gasteiger partial charge is 0.302 e. The highest BCUT2D eigenvalue weighted by Gasteiger charge is 2.15. The first-order valence-corrected chi connectivity index (χ1v) is 10.6. The van der Waals surface area contributed by atoms with Crippen LogP contribution in [-0.4, -0.2) is 14.8 Å². The molecule has 0 atom stereocenters. The first-order chi connectivity index (χ1) is 11.6. The van der Waals surface area contributed by atoms with Crippen LogP contribution in [0.25, 0.3) is 11.4 Å². The minimum absolute atomic E-state index is 0.548. The Bertz CT molecular complexity index is 823. The molecular weight excluding hydrogens is 402 g/mol. The molecule has 0 fully saturated rings. The summed E-state index contributed by atoms with van der Waals surface area (Å²) in [5, 5.41) is 12.0. The summed E-state index contributed by atoms with van der Waals surface area (Å²) in [7, 11) is 0. The van der Waals surface area contributed by atoms with Crippen molar-refractivity contribution in [3.63, 3.8) is 0 Å². The fraction of sp³-hybridized carbons (Fsp3) is 0.333. The predicted octanol–water partition coefficient (Wildman–Crippen LogP) is 6.20. The molecule has 0 saturated heterocycles. The Kier molecular flexibility index (Phi) is 5.79. The number of hydrogen-bond acceptors (Lipinski definition) is 4. The second-order valence-corrected chi connectivity index (χ2v) is 8.66. The van der Waals surface area contributed by atoms with Crippen molar-refractivity contribution in [2.75, 3.05) is 0 Å². The molecule has 0 amide bonds. The van der Waals surface area contributed by atoms with Gasteiger partial charge in [0.05, 0.1) is 0 Å². The van der Waals surface area contributed by atoms with Crippen molar-refractivity contribution >= 4 is 39.0 Å². The van der Waals surface area contributed by atoms with Crippen molar-refractivity contribution in [1.29, 1.82) is 0 Å². The van der Waals surface area contributed by atoms with E-state index in [1.165, 1.54) is 16.0 Å². The SMILES string of the molecule is CCn1c(SCc2cccc(Br)c2)nnc1-c1csc(C(C)C)c1. The van der Waals surface area contributed by atoms with E-state index in [1.54, 1.807) is 23.1 Å². The first-order valence-electron chi connectivity index (χ1n) is 7.97. The van der Waals surface area contributed by atoms with E-state index in [9.17, 15) is 0 Å². The molecule has 0 aliphatic rings. The lowest BCUT2D eigenvalue weighted by Crippen LogP contribution is -1.99. The molecule has 0 spiro atoms. The van der Waals surface area contributed by atoms with Crippen molar-refractivity contribution in [3.05, 3.63) is 50.6 Å². The molecule has 126 valence electrons. The minimum Gasteiger partial charge on any atom is -0.302 e. The smallest absolute Gasteiger partial charge is 0.191 e. The summed E-state index contributed by atoms with van der Waals surface area (Å²) in [6, 6.07) is 10.6. The number of thioether (sulfide) groups is 1. The lowest BCUT2D eigenvalue weighted by molar-refractivity contribution is 0.687. The number of thiophene rings is 1. The van der Waals surface area contributed by atoms with Crippen LogP contribution in [0, 0.1) is 0 Å². The highest BCUT2D eigenvalue weighted by Crippen LogP contribution is 2.31. The Morgan fingerprint density at radius 1 is 1.25 bits per heavy atom. The van der Waals surface area contributed by atoms with Crippen molar-refractivity contribution < 1.29 is 0 Å². The lowest BCUT2D eigenvalue weighted by atomic mass is 10.1. The molecule has 24 heavy (non-hydrogen) atoms. The Labute approximate surface area is 159 Å². The van der Waals surface area contributed by atoms with Gasteiger partial charge in [-0.1, -0.05) is 53.7 Å². The lowest BCUT2D eigenvalue weighted by Gasteiger charge is -2.06. The number of benzene rings is 1. The van der Waals surface area contributed by atoms with Crippen LogP contribution in [0.1, 0.15) is 37.1 Å². The summed E-state index contributed by atoms with van der Waals surface area (Å²) in [6.45, 7) is 7.46. The molecule has 0 unspecified atom stereocenters. The molecule has 2 heterocycles. The van der Waals surface area contributed by atoms with E-state index < -0.39 is 0 Å². The molecule has 2 aromatic heterocycles. The van der Waals surface area contributed by atoms with Gasteiger partial charge in [-0.15, -0.1) is 21.5 Å². The molecule has 0 N–H and O–H groups in total. The van der Waals surface area contributed by atoms with E-state index in [1.807, 2.05) is 6.07 Å². The van der Waals surface area contributed by atoms with Gasteiger partial charge in [-0.25, -0.2) is 0 Å². The topological polar surface area (TPSA) is 30.7 Å². The molecule has 0 radical (unpaired) electrons. The summed E-state index contributed by atoms with van der Waals surface area (Å²) in [5.74, 6) is 2.41. The zero-order valence-electron chi connectivity index (χ0n) is 14.0. The van der Waals surface area contributed by atoms with Gasteiger partial charge in [-0.2, -0.15) is 0 Å². The predicted molar refractivity (Wildman–Crippen MR) is 107 cm³/mol. The normalized spacial score (nSPS) is 11.4. The monoisotopic (exact) mass is 421 g/mol. The molecule has 6 heteroatoms. The van der Waals surface area contributed by atoms with Crippen molar-refractivity contribution in [1.82, 2.24) is 14.8 Å². The Morgan fingerprint density at radius 2 is 2.08 bits per heavy atom. The molecule has 0 aliphatic carbocycles. The summed E-state index contributed by atoms with van der Waals surface area (Å²) in [4.78, 5) is 1.39. The van der Waals surface area contributed by atoms with Crippen molar-refractivity contribution in [2.24, 2.45) is 0 Å². The number of hydrogen-bond donors (Lipinski definition) is 0. The minimum atomic E-state index is 0.548. The second kappa shape index (κ2) is 7.85. The van der Waals surface area contributed by atoms with E-state index in [0.717, 1.165) is 27.8 Å². The first kappa shape index (κ1) is 17.7. The quantitative estimate of drug-likeness (QED) is 0.443. The highest BCUT2D eigenvalue weighted by molar-refractivity contribution is 9.10. The number of halogens is 1. The number of nitrogens with zero attached hydrogens (tertiary/aromatic N) is 3. The van der Waals surface area contributed by atoms with Gasteiger partial charge in [0.2, 0.25) is 0 Å². The highest BCUT2D eigenvalue weighted by atomic mass is 79.9. The molecule has 0 bridgehead atoms. The van der Waals surface area contributed by atoms with Crippen LogP contribution in [-0.2, 0) is 12.3 Å². The van der Waals surface area contributed by atoms with E-state index in [4.69, 9.17) is 0 Å². The van der Waals surface area contributed by atoms with Crippen molar-refractivity contribution in [3.8, 4) is 11.4 Å². The van der Waals surface area contributed by atoms with Crippen LogP contribution in [0.5, 0.6) is 0 Å². The summed E-state index contributed by atoms with van der Waals surface area (Å²) in [5.41, 5.74) is 2.45. The maximum Gasteiger partial charge on any atom is 0.191 e. The van der Waals surface area contributed by atoms with Gasteiger partial charge in [0, 0.05) is 32.6 Å². The summed E-state index contributed by atoms with van der Waals surface area (Å²) < 4.78 is 3.31. The summed E-state index contributed by atoms with van der Waals surface area (Å²) >= 11 is 7.06. The zero-order chi connectivity index (χ0) is 17.1. The number of rotatable bonds is 6. The van der Waals surface area contributed by atoms with Gasteiger partial charge in [0.1, 0.15) is 0 Å². The average molecular weight is 422 g/mol. The van der Waals surface area contributed by atoms with Gasteiger partial charge in [0.15, 0.2) is 11.0 Å². The maximum atomic E-state index is 4.45. The van der Waals surface area contributed by atoms with Crippen LogP contribution in [0.15, 0.2) is 45.3 Å². The Hall–Kier alpha value is -1.11. The second-order valence-electron chi connectivity index (χ2n) is 5.86. The van der Waals surface area contributed by atoms with Gasteiger partial charge in [-0.3, -0.25) is 0 Å². The van der Waals surface area contributed by atoms with E-state index in [0.29, 0.717) is 5.92 Å². The molecule has 3 aromatic rings. The standard InChI is InChI=1S/C18H20BrN3S2/c1-4-22-17(14-9-16(12(2)3)23-11-14)20-21-18(22)24-10-13-6-5-7-15(19)8-13/h5-9,11-12H,4,10H2,1-3H3. The van der Waals surface area contributed by atoms with Gasteiger partial charge >= 0.3 is 0 Å². The maximum absolute atomic E-state index is 4.45. The van der Waals surface area contributed by atoms with Crippen LogP contribution in [0.3, 0.4) is 0 Å². The van der Waals surface area contributed by atoms with Crippen LogP contribution >= 0.6 is 39.0 Å². The third-order valence-electron chi connectivity index (χ3n) is 3.74. The zero-order valence-corrected chi connectivity index (χ0v) is 17.2. The third kappa shape index (κ3) is 3.92. The summed E-state index contributed by atoms with van der Waals surface area (Å²) in [6.07, 6.45) is 0. The average Bonchev–Trinajstić information content (AvgIpc) is 3.19. The van der Waals surface area contributed by atoms with Crippen LogP contribution in [0.2, 0.25) is 0 Å². The fourth-order valence-electron chi connectivity index (χ4n) is 2.44. The van der Waals surface area contributed by atoms with E-state index in [2.05, 4.69) is 81.1 Å². The Balaban J connectivity index is 1.81. The van der Waals surface area contributed by atoms with E-state index >= 15 is 0 Å². The third-order valence-corrected chi connectivity index (χ3v) is 6.50. The van der Waals surface area contributed by atoms with Crippen LogP contribution in [0.4, 0.5) is 0 Å². The van der Waals surface area contributed by atoms with Gasteiger partial charge < -0.3 is 4.57 Å². The molecule has 3 rings (SSSR count). The van der Waals surface area contributed by atoms with Gasteiger partial charge in [-0.05, 0) is 36.6 Å². The molecule has 1 aromatic carbocycles. The fourth-order valence-corrected chi connectivity index (χ4v) is 4.74. The molecular formula is C18H20BrN3S2. The van der Waals surface area contributed by atoms with Crippen molar-refractivity contribution in [2.45, 2.75) is 44.1 Å². The molecule has 3 nitrogen and oxygen atoms in total. The number of aromatic nitrogens is 3. The molecule has 0 saturated carbocycles. The van der Waals surface area contributed by atoms with Crippen LogP contribution < -0.4 is 0 Å². The Morgan fingerprint density at radius 3 is 2.75 bits per heavy atom.